The summed E-state index contributed by atoms with van der Waals surface area (Å²) in [5.41, 5.74) is 0.370. The molecular formula is C23H20ClN3O5. The Kier molecular flexibility index (Phi) is 4.79. The van der Waals surface area contributed by atoms with Crippen LogP contribution in [0.1, 0.15) is 24.0 Å². The number of para-hydroxylation sites is 1. The van der Waals surface area contributed by atoms with E-state index in [1.807, 2.05) is 0 Å². The average Bonchev–Trinajstić information content (AvgIpc) is 3.34. The van der Waals surface area contributed by atoms with E-state index in [1.54, 1.807) is 48.5 Å². The van der Waals surface area contributed by atoms with Crippen LogP contribution < -0.4 is 10.6 Å². The van der Waals surface area contributed by atoms with Crippen molar-refractivity contribution in [1.29, 1.82) is 0 Å². The first kappa shape index (κ1) is 20.7. The molecule has 32 heavy (non-hydrogen) atoms. The number of aliphatic carboxylic acids is 1. The molecule has 0 aliphatic carbocycles. The van der Waals surface area contributed by atoms with Gasteiger partial charge in [-0.1, -0.05) is 48.0 Å². The number of imide groups is 1. The van der Waals surface area contributed by atoms with Gasteiger partial charge in [-0.2, -0.15) is 0 Å². The number of hydrogen-bond donors (Lipinski definition) is 3. The summed E-state index contributed by atoms with van der Waals surface area (Å²) in [5, 5.41) is 15.7. The number of halogens is 1. The minimum absolute atomic E-state index is 0.00463. The van der Waals surface area contributed by atoms with Crippen LogP contribution >= 0.6 is 11.6 Å². The zero-order valence-corrected chi connectivity index (χ0v) is 17.6. The number of rotatable bonds is 5. The predicted molar refractivity (Wildman–Crippen MR) is 115 cm³/mol. The number of anilines is 1. The second-order valence-electron chi connectivity index (χ2n) is 8.35. The first-order valence-electron chi connectivity index (χ1n) is 10.3. The Morgan fingerprint density at radius 3 is 2.53 bits per heavy atom. The minimum atomic E-state index is -1.42. The Morgan fingerprint density at radius 2 is 1.78 bits per heavy atom. The van der Waals surface area contributed by atoms with Gasteiger partial charge in [0.2, 0.25) is 17.7 Å². The van der Waals surface area contributed by atoms with Crippen LogP contribution in [0.5, 0.6) is 0 Å². The van der Waals surface area contributed by atoms with Gasteiger partial charge in [-0.15, -0.1) is 0 Å². The maximum Gasteiger partial charge on any atom is 0.303 e. The summed E-state index contributed by atoms with van der Waals surface area (Å²) in [6, 6.07) is 13.4. The molecule has 3 aliphatic rings. The van der Waals surface area contributed by atoms with Crippen molar-refractivity contribution < 1.29 is 24.3 Å². The van der Waals surface area contributed by atoms with Crippen LogP contribution in [0.2, 0.25) is 5.02 Å². The highest BCUT2D eigenvalue weighted by Gasteiger charge is 2.70. The summed E-state index contributed by atoms with van der Waals surface area (Å²) < 4.78 is 0. The molecule has 0 unspecified atom stereocenters. The number of carboxylic acids is 1. The lowest BCUT2D eigenvalue weighted by Crippen LogP contribution is -2.53. The van der Waals surface area contributed by atoms with Crippen molar-refractivity contribution >= 4 is 41.0 Å². The predicted octanol–water partition coefficient (Wildman–Crippen LogP) is 2.13. The van der Waals surface area contributed by atoms with E-state index in [0.29, 0.717) is 21.8 Å². The number of fused-ring (bicyclic) bond motifs is 4. The van der Waals surface area contributed by atoms with E-state index >= 15 is 0 Å². The Morgan fingerprint density at radius 1 is 1.06 bits per heavy atom. The SMILES string of the molecule is O=C(O)CC[C@H]1N[C@]2(C(=O)Nc3ccccc32)[C@@H]2C(=O)N(Cc3ccccc3Cl)C(=O)[C@H]21. The van der Waals surface area contributed by atoms with E-state index in [0.717, 1.165) is 4.90 Å². The van der Waals surface area contributed by atoms with Gasteiger partial charge in [-0.05, 0) is 24.1 Å². The van der Waals surface area contributed by atoms with Crippen molar-refractivity contribution in [2.45, 2.75) is 31.0 Å². The Balaban J connectivity index is 1.58. The second kappa shape index (κ2) is 7.43. The van der Waals surface area contributed by atoms with Crippen LogP contribution in [0.25, 0.3) is 0 Å². The first-order chi connectivity index (χ1) is 15.3. The second-order valence-corrected chi connectivity index (χ2v) is 8.76. The van der Waals surface area contributed by atoms with Crippen molar-refractivity contribution in [2.75, 3.05) is 5.32 Å². The molecule has 2 aromatic rings. The third kappa shape index (κ3) is 2.87. The van der Waals surface area contributed by atoms with E-state index in [9.17, 15) is 24.3 Å². The Bertz CT molecular complexity index is 1170. The molecule has 0 saturated carbocycles. The van der Waals surface area contributed by atoms with Gasteiger partial charge in [0.05, 0.1) is 18.4 Å². The van der Waals surface area contributed by atoms with Gasteiger partial charge < -0.3 is 10.4 Å². The fourth-order valence-corrected chi connectivity index (χ4v) is 5.49. The highest BCUT2D eigenvalue weighted by Crippen LogP contribution is 2.53. The molecule has 5 rings (SSSR count). The van der Waals surface area contributed by atoms with Gasteiger partial charge in [0, 0.05) is 28.7 Å². The van der Waals surface area contributed by atoms with E-state index in [4.69, 9.17) is 11.6 Å². The van der Waals surface area contributed by atoms with Crippen molar-refractivity contribution in [3.05, 3.63) is 64.7 Å². The summed E-state index contributed by atoms with van der Waals surface area (Å²) in [4.78, 5) is 52.8. The van der Waals surface area contributed by atoms with E-state index in [2.05, 4.69) is 10.6 Å². The highest BCUT2D eigenvalue weighted by atomic mass is 35.5. The highest BCUT2D eigenvalue weighted by molar-refractivity contribution is 6.31. The van der Waals surface area contributed by atoms with Crippen molar-refractivity contribution in [2.24, 2.45) is 11.8 Å². The number of carbonyl (C=O) groups excluding carboxylic acids is 3. The molecule has 2 fully saturated rings. The lowest BCUT2D eigenvalue weighted by atomic mass is 9.76. The molecule has 0 radical (unpaired) electrons. The third-order valence-electron chi connectivity index (χ3n) is 6.67. The molecule has 0 bridgehead atoms. The molecule has 3 N–H and O–H groups in total. The van der Waals surface area contributed by atoms with Crippen LogP contribution in [0.4, 0.5) is 5.69 Å². The molecule has 2 aromatic carbocycles. The van der Waals surface area contributed by atoms with E-state index in [-0.39, 0.29) is 19.4 Å². The maximum atomic E-state index is 13.6. The molecular weight excluding hydrogens is 434 g/mol. The summed E-state index contributed by atoms with van der Waals surface area (Å²) in [6.07, 6.45) is -0.0706. The molecule has 8 nitrogen and oxygen atoms in total. The summed E-state index contributed by atoms with van der Waals surface area (Å²) in [6.45, 7) is -0.00463. The fourth-order valence-electron chi connectivity index (χ4n) is 5.30. The zero-order valence-electron chi connectivity index (χ0n) is 16.9. The van der Waals surface area contributed by atoms with Gasteiger partial charge in [-0.3, -0.25) is 29.4 Å². The van der Waals surface area contributed by atoms with Crippen LogP contribution in [0.15, 0.2) is 48.5 Å². The quantitative estimate of drug-likeness (QED) is 0.597. The van der Waals surface area contributed by atoms with Crippen molar-refractivity contribution in [3.63, 3.8) is 0 Å². The summed E-state index contributed by atoms with van der Waals surface area (Å²) in [5.74, 6) is -4.12. The lowest BCUT2D eigenvalue weighted by Gasteiger charge is -2.29. The van der Waals surface area contributed by atoms with Gasteiger partial charge in [0.15, 0.2) is 0 Å². The number of likely N-dealkylation sites (tertiary alicyclic amines) is 1. The fraction of sp³-hybridized carbons (Fsp3) is 0.304. The van der Waals surface area contributed by atoms with Crippen LogP contribution in [-0.4, -0.2) is 39.7 Å². The zero-order chi connectivity index (χ0) is 22.6. The Hall–Kier alpha value is -3.23. The number of nitrogens with zero attached hydrogens (tertiary/aromatic N) is 1. The normalized spacial score (nSPS) is 28.2. The topological polar surface area (TPSA) is 116 Å². The minimum Gasteiger partial charge on any atom is -0.481 e. The molecule has 3 aliphatic heterocycles. The summed E-state index contributed by atoms with van der Waals surface area (Å²) in [7, 11) is 0. The largest absolute Gasteiger partial charge is 0.481 e. The maximum absolute atomic E-state index is 13.6. The van der Waals surface area contributed by atoms with Gasteiger partial charge >= 0.3 is 5.97 Å². The third-order valence-corrected chi connectivity index (χ3v) is 7.04. The molecule has 2 saturated heterocycles. The number of hydrogen-bond acceptors (Lipinski definition) is 5. The van der Waals surface area contributed by atoms with Crippen LogP contribution in [-0.2, 0) is 31.3 Å². The molecule has 3 amide bonds. The number of benzene rings is 2. The molecule has 3 heterocycles. The molecule has 164 valence electrons. The van der Waals surface area contributed by atoms with Gasteiger partial charge in [0.25, 0.3) is 0 Å². The van der Waals surface area contributed by atoms with E-state index in [1.165, 1.54) is 0 Å². The number of carboxylic acid groups (broad SMARTS) is 1. The molecule has 1 spiro atoms. The van der Waals surface area contributed by atoms with Crippen molar-refractivity contribution in [1.82, 2.24) is 10.2 Å². The lowest BCUT2D eigenvalue weighted by molar-refractivity contribution is -0.144. The van der Waals surface area contributed by atoms with Crippen molar-refractivity contribution in [3.8, 4) is 0 Å². The van der Waals surface area contributed by atoms with Gasteiger partial charge in [0.1, 0.15) is 5.54 Å². The van der Waals surface area contributed by atoms with Crippen LogP contribution in [0.3, 0.4) is 0 Å². The van der Waals surface area contributed by atoms with Gasteiger partial charge in [-0.25, -0.2) is 0 Å². The number of nitrogens with one attached hydrogen (secondary N) is 2. The van der Waals surface area contributed by atoms with E-state index < -0.39 is 47.1 Å². The van der Waals surface area contributed by atoms with Crippen LogP contribution in [0, 0.1) is 11.8 Å². The standard InChI is InChI=1S/C23H20ClN3O5/c24-14-7-3-1-5-12(14)11-27-20(30)18-16(9-10-17(28)29)26-23(19(18)21(27)31)13-6-2-4-8-15(13)25-22(23)32/h1-8,16,18-19,26H,9-11H2,(H,25,32)(H,28,29)/t16-,18+,19+,23+/m1/s1. The molecule has 9 heteroatoms. The average molecular weight is 454 g/mol. The number of carbonyl (C=O) groups is 4. The summed E-state index contributed by atoms with van der Waals surface area (Å²) >= 11 is 6.25. The monoisotopic (exact) mass is 453 g/mol. The molecule has 0 aromatic heterocycles. The first-order valence-corrected chi connectivity index (χ1v) is 10.7. The molecule has 4 atom stereocenters. The number of amides is 3. The smallest absolute Gasteiger partial charge is 0.303 e. The Labute approximate surface area is 188 Å².